The highest BCUT2D eigenvalue weighted by atomic mass is 16.5. The summed E-state index contributed by atoms with van der Waals surface area (Å²) in [5.41, 5.74) is 0.707. The number of fused-ring (bicyclic) bond motifs is 5. The van der Waals surface area contributed by atoms with Gasteiger partial charge in [-0.3, -0.25) is 4.79 Å². The van der Waals surface area contributed by atoms with Crippen molar-refractivity contribution in [2.75, 3.05) is 33.3 Å². The van der Waals surface area contributed by atoms with Crippen molar-refractivity contribution in [2.24, 2.45) is 46.3 Å². The Morgan fingerprint density at radius 2 is 1.76 bits per heavy atom. The summed E-state index contributed by atoms with van der Waals surface area (Å²) in [6.45, 7) is 12.4. The Hall–Kier alpha value is -0.650. The van der Waals surface area contributed by atoms with Gasteiger partial charge in [0.2, 0.25) is 0 Å². The predicted molar refractivity (Wildman–Crippen MR) is 149 cm³/mol. The standard InChI is InChI=1S/C32H56N2O3/c1-22(8-11-29(36)37-4)25-9-10-26-30-27(13-15-32(25,26)3)31(2)14-12-24(20-23(31)21-28(30)35)33-16-19-34-17-6-5-7-18-34/h22-28,30,33,35H,5-21H2,1-4H3. The highest BCUT2D eigenvalue weighted by Gasteiger charge is 2.62. The number of hydrogen-bond donors (Lipinski definition) is 2. The second-order valence-electron chi connectivity index (χ2n) is 14.4. The Bertz CT molecular complexity index is 784. The van der Waals surface area contributed by atoms with Gasteiger partial charge in [-0.25, -0.2) is 0 Å². The highest BCUT2D eigenvalue weighted by molar-refractivity contribution is 5.69. The largest absolute Gasteiger partial charge is 0.469 e. The van der Waals surface area contributed by atoms with Gasteiger partial charge in [-0.05, 0) is 130 Å². The molecule has 4 saturated carbocycles. The molecule has 5 fully saturated rings. The zero-order valence-electron chi connectivity index (χ0n) is 24.4. The van der Waals surface area contributed by atoms with E-state index in [1.807, 2.05) is 0 Å². The number of hydrogen-bond acceptors (Lipinski definition) is 5. The van der Waals surface area contributed by atoms with E-state index in [1.165, 1.54) is 91.0 Å². The molecule has 37 heavy (non-hydrogen) atoms. The smallest absolute Gasteiger partial charge is 0.305 e. The van der Waals surface area contributed by atoms with Crippen LogP contribution in [0.3, 0.4) is 0 Å². The molecule has 1 aliphatic heterocycles. The van der Waals surface area contributed by atoms with Crippen molar-refractivity contribution in [3.05, 3.63) is 0 Å². The Balaban J connectivity index is 1.20. The number of carbonyl (C=O) groups excluding carboxylic acids is 1. The molecule has 1 heterocycles. The molecule has 0 amide bonds. The number of nitrogens with one attached hydrogen (secondary N) is 1. The van der Waals surface area contributed by atoms with Crippen LogP contribution in [0.25, 0.3) is 0 Å². The second-order valence-corrected chi connectivity index (χ2v) is 14.4. The van der Waals surface area contributed by atoms with Gasteiger partial charge in [0.05, 0.1) is 13.2 Å². The number of carbonyl (C=O) groups is 1. The molecule has 212 valence electrons. The molecule has 0 spiro atoms. The third kappa shape index (κ3) is 5.40. The Morgan fingerprint density at radius 3 is 2.51 bits per heavy atom. The highest BCUT2D eigenvalue weighted by Crippen LogP contribution is 2.68. The third-order valence-corrected chi connectivity index (χ3v) is 12.8. The van der Waals surface area contributed by atoms with Gasteiger partial charge in [0.25, 0.3) is 0 Å². The molecular formula is C32H56N2O3. The number of methoxy groups -OCH3 is 1. The lowest BCUT2D eigenvalue weighted by atomic mass is 9.43. The Kier molecular flexibility index (Phi) is 8.64. The number of piperidine rings is 1. The van der Waals surface area contributed by atoms with E-state index in [2.05, 4.69) is 31.0 Å². The molecule has 10 atom stereocenters. The lowest BCUT2D eigenvalue weighted by molar-refractivity contribution is -0.167. The SMILES string of the molecule is COC(=O)CCC(C)C1CCC2C3C(O)CC4CC(NCCN5CCCCC5)CCC4(C)C3CCC12C. The van der Waals surface area contributed by atoms with E-state index in [1.54, 1.807) is 0 Å². The van der Waals surface area contributed by atoms with Crippen LogP contribution in [0.2, 0.25) is 0 Å². The number of likely N-dealkylation sites (tertiary alicyclic amines) is 1. The summed E-state index contributed by atoms with van der Waals surface area (Å²) in [7, 11) is 1.50. The van der Waals surface area contributed by atoms with Gasteiger partial charge < -0.3 is 20.1 Å². The van der Waals surface area contributed by atoms with Gasteiger partial charge in [-0.15, -0.1) is 0 Å². The van der Waals surface area contributed by atoms with Crippen LogP contribution in [0, 0.1) is 46.3 Å². The fourth-order valence-electron chi connectivity index (χ4n) is 10.6. The summed E-state index contributed by atoms with van der Waals surface area (Å²) in [6.07, 6.45) is 15.5. The molecule has 10 unspecified atom stereocenters. The molecule has 5 nitrogen and oxygen atoms in total. The van der Waals surface area contributed by atoms with Crippen LogP contribution in [0.1, 0.15) is 104 Å². The van der Waals surface area contributed by atoms with E-state index >= 15 is 0 Å². The minimum atomic E-state index is -0.135. The van der Waals surface area contributed by atoms with Crippen LogP contribution in [0.15, 0.2) is 0 Å². The van der Waals surface area contributed by atoms with Crippen molar-refractivity contribution in [3.63, 3.8) is 0 Å². The van der Waals surface area contributed by atoms with Crippen molar-refractivity contribution in [1.29, 1.82) is 0 Å². The summed E-state index contributed by atoms with van der Waals surface area (Å²) in [5.74, 6) is 3.59. The van der Waals surface area contributed by atoms with Crippen molar-refractivity contribution < 1.29 is 14.6 Å². The maximum Gasteiger partial charge on any atom is 0.305 e. The number of nitrogens with zero attached hydrogens (tertiary/aromatic N) is 1. The van der Waals surface area contributed by atoms with Gasteiger partial charge in [-0.1, -0.05) is 27.2 Å². The molecule has 5 aliphatic rings. The van der Waals surface area contributed by atoms with E-state index < -0.39 is 0 Å². The van der Waals surface area contributed by atoms with E-state index in [9.17, 15) is 9.90 Å². The molecule has 1 saturated heterocycles. The van der Waals surface area contributed by atoms with Crippen molar-refractivity contribution in [2.45, 2.75) is 116 Å². The van der Waals surface area contributed by atoms with Gasteiger partial charge in [0.1, 0.15) is 0 Å². The summed E-state index contributed by atoms with van der Waals surface area (Å²) >= 11 is 0. The van der Waals surface area contributed by atoms with Crippen LogP contribution < -0.4 is 5.32 Å². The topological polar surface area (TPSA) is 61.8 Å². The van der Waals surface area contributed by atoms with Gasteiger partial charge in [0.15, 0.2) is 0 Å². The lowest BCUT2D eigenvalue weighted by Gasteiger charge is -2.62. The van der Waals surface area contributed by atoms with E-state index in [-0.39, 0.29) is 12.1 Å². The van der Waals surface area contributed by atoms with Gasteiger partial charge in [-0.2, -0.15) is 0 Å². The van der Waals surface area contributed by atoms with Crippen molar-refractivity contribution in [1.82, 2.24) is 10.2 Å². The van der Waals surface area contributed by atoms with Crippen molar-refractivity contribution in [3.8, 4) is 0 Å². The molecule has 0 bridgehead atoms. The number of esters is 1. The summed E-state index contributed by atoms with van der Waals surface area (Å²) in [6, 6.07) is 0.631. The first-order valence-corrected chi connectivity index (χ1v) is 16.0. The second kappa shape index (κ2) is 11.5. The minimum absolute atomic E-state index is 0.0754. The lowest BCUT2D eigenvalue weighted by Crippen LogP contribution is -2.59. The molecule has 0 aromatic carbocycles. The van der Waals surface area contributed by atoms with Gasteiger partial charge in [0, 0.05) is 25.6 Å². The monoisotopic (exact) mass is 516 g/mol. The van der Waals surface area contributed by atoms with E-state index in [0.29, 0.717) is 58.8 Å². The number of rotatable bonds is 8. The maximum atomic E-state index is 11.8. The van der Waals surface area contributed by atoms with Crippen LogP contribution >= 0.6 is 0 Å². The first-order chi connectivity index (χ1) is 17.8. The van der Waals surface area contributed by atoms with Crippen LogP contribution in [-0.2, 0) is 9.53 Å². The average molecular weight is 517 g/mol. The molecule has 4 aliphatic carbocycles. The molecule has 2 N–H and O–H groups in total. The van der Waals surface area contributed by atoms with Crippen LogP contribution in [0.4, 0.5) is 0 Å². The summed E-state index contributed by atoms with van der Waals surface area (Å²) < 4.78 is 4.92. The summed E-state index contributed by atoms with van der Waals surface area (Å²) in [4.78, 5) is 14.4. The molecule has 0 aromatic heterocycles. The first-order valence-electron chi connectivity index (χ1n) is 16.0. The van der Waals surface area contributed by atoms with Crippen molar-refractivity contribution >= 4 is 5.97 Å². The number of aliphatic hydroxyl groups is 1. The maximum absolute atomic E-state index is 11.8. The van der Waals surface area contributed by atoms with Gasteiger partial charge >= 0.3 is 5.97 Å². The summed E-state index contributed by atoms with van der Waals surface area (Å²) in [5, 5.41) is 15.6. The van der Waals surface area contributed by atoms with Crippen LogP contribution in [0.5, 0.6) is 0 Å². The number of ether oxygens (including phenoxy) is 1. The minimum Gasteiger partial charge on any atom is -0.469 e. The Labute approximate surface area is 226 Å². The predicted octanol–water partition coefficient (Wildman–Crippen LogP) is 5.65. The zero-order chi connectivity index (χ0) is 26.2. The quantitative estimate of drug-likeness (QED) is 0.408. The molecule has 5 heteroatoms. The first kappa shape index (κ1) is 27.9. The molecule has 0 aromatic rings. The third-order valence-electron chi connectivity index (χ3n) is 12.8. The number of aliphatic hydroxyl groups excluding tert-OH is 1. The fraction of sp³-hybridized carbons (Fsp3) is 0.969. The Morgan fingerprint density at radius 1 is 1.03 bits per heavy atom. The normalized spacial score (nSPS) is 44.9. The van der Waals surface area contributed by atoms with E-state index in [4.69, 9.17) is 4.74 Å². The molecule has 0 radical (unpaired) electrons. The zero-order valence-corrected chi connectivity index (χ0v) is 24.4. The van der Waals surface area contributed by atoms with Crippen LogP contribution in [-0.4, -0.2) is 61.4 Å². The van der Waals surface area contributed by atoms with E-state index in [0.717, 1.165) is 19.4 Å². The average Bonchev–Trinajstić information content (AvgIpc) is 3.25. The fourth-order valence-corrected chi connectivity index (χ4v) is 10.6. The molecule has 5 rings (SSSR count). The molecular weight excluding hydrogens is 460 g/mol.